The molecule has 0 saturated carbocycles. The van der Waals surface area contributed by atoms with Gasteiger partial charge in [-0.2, -0.15) is 0 Å². The van der Waals surface area contributed by atoms with E-state index in [0.717, 1.165) is 16.7 Å². The van der Waals surface area contributed by atoms with Crippen molar-refractivity contribution >= 4 is 11.6 Å². The second kappa shape index (κ2) is 6.63. The number of carbonyl (C=O) groups is 1. The topological polar surface area (TPSA) is 64.4 Å². The molecule has 0 spiro atoms. The number of anilines is 1. The third-order valence-electron chi connectivity index (χ3n) is 4.50. The Balaban J connectivity index is 1.47. The van der Waals surface area contributed by atoms with Crippen LogP contribution in [0.3, 0.4) is 0 Å². The number of halogens is 1. The number of aryl methyl sites for hydroxylation is 1. The number of carbonyl (C=O) groups excluding carboxylic acids is 1. The maximum Gasteiger partial charge on any atom is 0.231 e. The van der Waals surface area contributed by atoms with E-state index in [1.807, 2.05) is 25.1 Å². The van der Waals surface area contributed by atoms with E-state index in [1.54, 1.807) is 12.3 Å². The zero-order valence-electron chi connectivity index (χ0n) is 14.2. The van der Waals surface area contributed by atoms with Crippen LogP contribution in [0.1, 0.15) is 11.1 Å². The quantitative estimate of drug-likeness (QED) is 0.774. The normalized spacial score (nSPS) is 15.8. The van der Waals surface area contributed by atoms with Gasteiger partial charge in [-0.25, -0.2) is 9.37 Å². The highest BCUT2D eigenvalue weighted by molar-refractivity contribution is 5.93. The summed E-state index contributed by atoms with van der Waals surface area (Å²) in [6.45, 7) is 2.18. The van der Waals surface area contributed by atoms with Gasteiger partial charge in [0, 0.05) is 17.3 Å². The summed E-state index contributed by atoms with van der Waals surface area (Å²) in [5.74, 6) is 0.425. The standard InChI is InChI=1S/C20H17FN2O3/c1-12-6-16(4-5-17(12)19-9-22-11-26-19)23-20(24)14-7-13-2-3-15(21)8-18(13)25-10-14/h2-6,8-9,11,14H,7,10H2,1H3,(H,23,24). The molecule has 0 fully saturated rings. The number of hydrogen-bond acceptors (Lipinski definition) is 4. The molecule has 1 atom stereocenters. The SMILES string of the molecule is Cc1cc(NC(=O)C2COc3cc(F)ccc3C2)ccc1-c1cnco1. The van der Waals surface area contributed by atoms with Crippen LogP contribution in [0.4, 0.5) is 10.1 Å². The van der Waals surface area contributed by atoms with Gasteiger partial charge in [-0.15, -0.1) is 0 Å². The van der Waals surface area contributed by atoms with Gasteiger partial charge in [-0.3, -0.25) is 4.79 Å². The van der Waals surface area contributed by atoms with Gasteiger partial charge in [0.05, 0.1) is 12.1 Å². The maximum absolute atomic E-state index is 13.2. The van der Waals surface area contributed by atoms with E-state index in [-0.39, 0.29) is 24.2 Å². The van der Waals surface area contributed by atoms with Crippen molar-refractivity contribution in [1.29, 1.82) is 0 Å². The van der Waals surface area contributed by atoms with Gasteiger partial charge >= 0.3 is 0 Å². The van der Waals surface area contributed by atoms with E-state index >= 15 is 0 Å². The summed E-state index contributed by atoms with van der Waals surface area (Å²) in [5.41, 5.74) is 3.45. The molecule has 1 unspecified atom stereocenters. The minimum atomic E-state index is -0.339. The molecule has 1 aliphatic heterocycles. The van der Waals surface area contributed by atoms with Gasteiger partial charge in [-0.05, 0) is 48.7 Å². The number of aromatic nitrogens is 1. The van der Waals surface area contributed by atoms with Crippen LogP contribution in [0.25, 0.3) is 11.3 Å². The molecule has 6 heteroatoms. The van der Waals surface area contributed by atoms with E-state index in [2.05, 4.69) is 10.3 Å². The van der Waals surface area contributed by atoms with Crippen molar-refractivity contribution < 1.29 is 18.3 Å². The van der Waals surface area contributed by atoms with Crippen LogP contribution in [0.5, 0.6) is 5.75 Å². The number of benzene rings is 2. The van der Waals surface area contributed by atoms with Crippen molar-refractivity contribution in [3.63, 3.8) is 0 Å². The molecule has 1 amide bonds. The minimum Gasteiger partial charge on any atom is -0.492 e. The molecule has 1 aliphatic rings. The van der Waals surface area contributed by atoms with E-state index in [1.165, 1.54) is 18.5 Å². The van der Waals surface area contributed by atoms with Crippen LogP contribution >= 0.6 is 0 Å². The monoisotopic (exact) mass is 352 g/mol. The molecule has 26 heavy (non-hydrogen) atoms. The molecule has 2 heterocycles. The summed E-state index contributed by atoms with van der Waals surface area (Å²) >= 11 is 0. The maximum atomic E-state index is 13.2. The van der Waals surface area contributed by atoms with E-state index in [9.17, 15) is 9.18 Å². The Kier molecular flexibility index (Phi) is 4.16. The molecule has 2 aromatic carbocycles. The zero-order chi connectivity index (χ0) is 18.1. The number of nitrogens with one attached hydrogen (secondary N) is 1. The fourth-order valence-corrected chi connectivity index (χ4v) is 3.13. The highest BCUT2D eigenvalue weighted by Gasteiger charge is 2.26. The van der Waals surface area contributed by atoms with Gasteiger partial charge in [0.1, 0.15) is 18.2 Å². The Bertz CT molecular complexity index is 954. The van der Waals surface area contributed by atoms with Gasteiger partial charge in [0.15, 0.2) is 12.2 Å². The third-order valence-corrected chi connectivity index (χ3v) is 4.50. The molecule has 5 nitrogen and oxygen atoms in total. The highest BCUT2D eigenvalue weighted by atomic mass is 19.1. The first kappa shape index (κ1) is 16.3. The lowest BCUT2D eigenvalue weighted by atomic mass is 9.95. The molecule has 0 radical (unpaired) electrons. The summed E-state index contributed by atoms with van der Waals surface area (Å²) < 4.78 is 24.1. The Morgan fingerprint density at radius 1 is 1.27 bits per heavy atom. The van der Waals surface area contributed by atoms with Crippen molar-refractivity contribution in [3.8, 4) is 17.1 Å². The lowest BCUT2D eigenvalue weighted by molar-refractivity contribution is -0.121. The number of rotatable bonds is 3. The van der Waals surface area contributed by atoms with E-state index in [0.29, 0.717) is 23.6 Å². The Hall–Kier alpha value is -3.15. The fraction of sp³-hybridized carbons (Fsp3) is 0.200. The number of fused-ring (bicyclic) bond motifs is 1. The summed E-state index contributed by atoms with van der Waals surface area (Å²) in [6, 6.07) is 10.0. The fourth-order valence-electron chi connectivity index (χ4n) is 3.13. The Morgan fingerprint density at radius 3 is 2.92 bits per heavy atom. The van der Waals surface area contributed by atoms with Crippen LogP contribution in [0, 0.1) is 18.7 Å². The molecule has 3 aromatic rings. The number of ether oxygens (including phenoxy) is 1. The van der Waals surface area contributed by atoms with Gasteiger partial charge in [0.2, 0.25) is 5.91 Å². The Labute approximate surface area is 149 Å². The molecule has 0 bridgehead atoms. The number of nitrogens with zero attached hydrogens (tertiary/aromatic N) is 1. The van der Waals surface area contributed by atoms with Crippen LogP contribution in [0.2, 0.25) is 0 Å². The first-order chi connectivity index (χ1) is 12.6. The largest absolute Gasteiger partial charge is 0.492 e. The first-order valence-corrected chi connectivity index (χ1v) is 8.32. The number of amides is 1. The molecule has 1 aromatic heterocycles. The zero-order valence-corrected chi connectivity index (χ0v) is 14.2. The van der Waals surface area contributed by atoms with Crippen molar-refractivity contribution in [2.45, 2.75) is 13.3 Å². The summed E-state index contributed by atoms with van der Waals surface area (Å²) in [4.78, 5) is 16.5. The van der Waals surface area contributed by atoms with Crippen molar-refractivity contribution in [3.05, 3.63) is 65.9 Å². The van der Waals surface area contributed by atoms with Gasteiger partial charge < -0.3 is 14.5 Å². The molecule has 1 N–H and O–H groups in total. The first-order valence-electron chi connectivity index (χ1n) is 8.32. The number of hydrogen-bond donors (Lipinski definition) is 1. The third kappa shape index (κ3) is 3.18. The van der Waals surface area contributed by atoms with Crippen LogP contribution < -0.4 is 10.1 Å². The van der Waals surface area contributed by atoms with Gasteiger partial charge in [0.25, 0.3) is 0 Å². The lowest BCUT2D eigenvalue weighted by Gasteiger charge is -2.24. The molecular formula is C20H17FN2O3. The highest BCUT2D eigenvalue weighted by Crippen LogP contribution is 2.29. The average Bonchev–Trinajstić information content (AvgIpc) is 3.15. The minimum absolute atomic E-state index is 0.119. The Morgan fingerprint density at radius 2 is 2.15 bits per heavy atom. The lowest BCUT2D eigenvalue weighted by Crippen LogP contribution is -2.32. The molecule has 0 saturated heterocycles. The summed E-state index contributed by atoms with van der Waals surface area (Å²) in [7, 11) is 0. The van der Waals surface area contributed by atoms with Gasteiger partial charge in [-0.1, -0.05) is 6.07 Å². The van der Waals surface area contributed by atoms with Crippen molar-refractivity contribution in [1.82, 2.24) is 4.98 Å². The van der Waals surface area contributed by atoms with Crippen molar-refractivity contribution in [2.24, 2.45) is 5.92 Å². The molecule has 4 rings (SSSR count). The molecule has 0 aliphatic carbocycles. The number of oxazole rings is 1. The predicted molar refractivity (Wildman–Crippen MR) is 94.4 cm³/mol. The smallest absolute Gasteiger partial charge is 0.231 e. The van der Waals surface area contributed by atoms with Crippen molar-refractivity contribution in [2.75, 3.05) is 11.9 Å². The summed E-state index contributed by atoms with van der Waals surface area (Å²) in [5, 5.41) is 2.93. The predicted octanol–water partition coefficient (Wildman–Crippen LogP) is 3.98. The van der Waals surface area contributed by atoms with Crippen LogP contribution in [0.15, 0.2) is 53.4 Å². The van der Waals surface area contributed by atoms with Crippen LogP contribution in [-0.4, -0.2) is 17.5 Å². The second-order valence-electron chi connectivity index (χ2n) is 6.35. The van der Waals surface area contributed by atoms with Crippen LogP contribution in [-0.2, 0) is 11.2 Å². The second-order valence-corrected chi connectivity index (χ2v) is 6.35. The van der Waals surface area contributed by atoms with E-state index in [4.69, 9.17) is 9.15 Å². The molecular weight excluding hydrogens is 335 g/mol. The summed E-state index contributed by atoms with van der Waals surface area (Å²) in [6.07, 6.45) is 3.56. The average molecular weight is 352 g/mol. The molecule has 132 valence electrons. The van der Waals surface area contributed by atoms with E-state index < -0.39 is 0 Å².